The third-order valence-electron chi connectivity index (χ3n) is 9.70. The highest BCUT2D eigenvalue weighted by molar-refractivity contribution is 6.31. The number of Topliss-reactive ketones (excluding diaryl/α,β-unsaturated/α-hetero) is 2. The maximum absolute atomic E-state index is 12.8. The summed E-state index contributed by atoms with van der Waals surface area (Å²) in [6, 6.07) is 0. The van der Waals surface area contributed by atoms with Gasteiger partial charge >= 0.3 is 0 Å². The van der Waals surface area contributed by atoms with Gasteiger partial charge in [-0.15, -0.1) is 0 Å². The van der Waals surface area contributed by atoms with Crippen molar-refractivity contribution in [2.24, 2.45) is 34.5 Å². The number of fused-ring (bicyclic) bond motifs is 5. The molecule has 7 atom stereocenters. The zero-order chi connectivity index (χ0) is 22.1. The molecule has 4 rings (SSSR count). The molecule has 0 bridgehead atoms. The van der Waals surface area contributed by atoms with Crippen LogP contribution in [0.25, 0.3) is 0 Å². The first-order valence-corrected chi connectivity index (χ1v) is 13.5. The zero-order valence-electron chi connectivity index (χ0n) is 19.9. The van der Waals surface area contributed by atoms with E-state index in [9.17, 15) is 14.7 Å². The number of aliphatic hydroxyl groups excluding tert-OH is 1. The van der Waals surface area contributed by atoms with Crippen LogP contribution in [-0.4, -0.2) is 38.1 Å². The molecule has 0 radical (unpaired) electrons. The van der Waals surface area contributed by atoms with Crippen molar-refractivity contribution in [2.45, 2.75) is 110 Å². The first-order chi connectivity index (χ1) is 13.8. The van der Waals surface area contributed by atoms with Gasteiger partial charge in [-0.2, -0.15) is 0 Å². The van der Waals surface area contributed by atoms with E-state index in [1.54, 1.807) is 0 Å². The van der Waals surface area contributed by atoms with Crippen LogP contribution < -0.4 is 0 Å². The molecular formula is C25H42O4Si. The molecule has 0 aromatic rings. The van der Waals surface area contributed by atoms with E-state index in [-0.39, 0.29) is 27.4 Å². The Morgan fingerprint density at radius 1 is 1.00 bits per heavy atom. The third-order valence-corrected chi connectivity index (χ3v) is 11.4. The Bertz CT molecular complexity index is 725. The minimum atomic E-state index is -0.775. The number of carbonyl (C=O) groups excluding carboxylic acids is 2. The predicted octanol–water partition coefficient (Wildman–Crippen LogP) is 4.22. The molecule has 0 aliphatic heterocycles. The van der Waals surface area contributed by atoms with E-state index in [2.05, 4.69) is 41.5 Å². The highest BCUT2D eigenvalue weighted by Crippen LogP contribution is 2.68. The molecule has 0 heterocycles. The lowest BCUT2D eigenvalue weighted by molar-refractivity contribution is -0.222. The Morgan fingerprint density at radius 3 is 2.37 bits per heavy atom. The Hall–Kier alpha value is -0.523. The van der Waals surface area contributed by atoms with Gasteiger partial charge in [-0.1, -0.05) is 27.7 Å². The smallest absolute Gasteiger partial charge is 0.167 e. The fourth-order valence-electron chi connectivity index (χ4n) is 8.20. The van der Waals surface area contributed by atoms with Gasteiger partial charge in [-0.05, 0) is 68.7 Å². The van der Waals surface area contributed by atoms with Crippen molar-refractivity contribution in [1.29, 1.82) is 0 Å². The van der Waals surface area contributed by atoms with E-state index in [1.165, 1.54) is 0 Å². The maximum atomic E-state index is 12.8. The third kappa shape index (κ3) is 3.29. The van der Waals surface area contributed by atoms with Gasteiger partial charge in [0.15, 0.2) is 9.76 Å². The van der Waals surface area contributed by atoms with Crippen LogP contribution in [0.3, 0.4) is 0 Å². The van der Waals surface area contributed by atoms with Crippen molar-refractivity contribution in [3.63, 3.8) is 0 Å². The quantitative estimate of drug-likeness (QED) is 0.676. The van der Waals surface area contributed by atoms with E-state index in [0.717, 1.165) is 32.1 Å². The molecule has 4 saturated carbocycles. The Balaban J connectivity index is 1.76. The van der Waals surface area contributed by atoms with E-state index < -0.39 is 15.9 Å². The second-order valence-corrected chi connectivity index (χ2v) is 15.5. The lowest BCUT2D eigenvalue weighted by Gasteiger charge is -2.66. The van der Waals surface area contributed by atoms with Crippen molar-refractivity contribution < 1.29 is 19.1 Å². The molecule has 4 fully saturated rings. The van der Waals surface area contributed by atoms with Crippen molar-refractivity contribution in [1.82, 2.24) is 0 Å². The number of ketones is 2. The molecule has 4 aliphatic carbocycles. The Morgan fingerprint density at radius 2 is 1.70 bits per heavy atom. The first-order valence-electron chi connectivity index (χ1n) is 12.2. The molecule has 0 aromatic heterocycles. The summed E-state index contributed by atoms with van der Waals surface area (Å²) in [5.74, 6) is 1.91. The average molecular weight is 435 g/mol. The highest BCUT2D eigenvalue weighted by atomic mass is 28.2. The van der Waals surface area contributed by atoms with Gasteiger partial charge < -0.3 is 9.53 Å². The molecule has 0 aromatic carbocycles. The van der Waals surface area contributed by atoms with Gasteiger partial charge in [0.25, 0.3) is 0 Å². The molecule has 0 amide bonds. The molecule has 170 valence electrons. The standard InChI is InChI=1S/C25H42O4Si/c1-22(2,3)30-29-23(4,5)25-12-9-15(26)13-19(25)20(27)14-16-17-7-8-21(28)24(17,6)11-10-18(16)25/h16-20,27H,7-14,30H2,1-6H3. The van der Waals surface area contributed by atoms with Crippen LogP contribution in [0.4, 0.5) is 0 Å². The van der Waals surface area contributed by atoms with Crippen LogP contribution in [0.5, 0.6) is 0 Å². The molecule has 0 saturated heterocycles. The molecular weight excluding hydrogens is 392 g/mol. The molecule has 4 nitrogen and oxygen atoms in total. The molecule has 30 heavy (non-hydrogen) atoms. The Labute approximate surface area is 184 Å². The molecule has 7 unspecified atom stereocenters. The monoisotopic (exact) mass is 434 g/mol. The largest absolute Gasteiger partial charge is 0.418 e. The van der Waals surface area contributed by atoms with Gasteiger partial charge in [-0.25, -0.2) is 0 Å². The minimum absolute atomic E-state index is 0.00886. The van der Waals surface area contributed by atoms with Gasteiger partial charge in [-0.3, -0.25) is 9.59 Å². The zero-order valence-corrected chi connectivity index (χ0v) is 21.3. The molecule has 4 aliphatic rings. The van der Waals surface area contributed by atoms with Gasteiger partial charge in [0, 0.05) is 36.0 Å². The molecule has 0 spiro atoms. The summed E-state index contributed by atoms with van der Waals surface area (Å²) >= 11 is 0. The summed E-state index contributed by atoms with van der Waals surface area (Å²) in [5, 5.41) is 11.6. The van der Waals surface area contributed by atoms with Crippen molar-refractivity contribution in [3.8, 4) is 0 Å². The summed E-state index contributed by atoms with van der Waals surface area (Å²) in [6.07, 6.45) is 5.89. The van der Waals surface area contributed by atoms with E-state index >= 15 is 0 Å². The topological polar surface area (TPSA) is 63.6 Å². The second kappa shape index (κ2) is 7.24. The van der Waals surface area contributed by atoms with Crippen LogP contribution in [0, 0.1) is 34.5 Å². The van der Waals surface area contributed by atoms with Crippen LogP contribution in [0.2, 0.25) is 5.04 Å². The highest BCUT2D eigenvalue weighted by Gasteiger charge is 2.67. The number of hydrogen-bond acceptors (Lipinski definition) is 4. The number of rotatable bonds is 3. The fourth-order valence-corrected chi connectivity index (χ4v) is 9.26. The van der Waals surface area contributed by atoms with E-state index in [4.69, 9.17) is 4.43 Å². The summed E-state index contributed by atoms with van der Waals surface area (Å²) < 4.78 is 6.83. The van der Waals surface area contributed by atoms with Gasteiger partial charge in [0.05, 0.1) is 11.7 Å². The minimum Gasteiger partial charge on any atom is -0.418 e. The SMILES string of the molecule is CC(C)(C)[SiH2]OC(C)(C)C12CCC(=O)CC1C(O)CC1C3CCC(=O)C3(C)CCC12. The number of aliphatic hydroxyl groups is 1. The van der Waals surface area contributed by atoms with Crippen molar-refractivity contribution >= 4 is 21.3 Å². The summed E-state index contributed by atoms with van der Waals surface area (Å²) in [4.78, 5) is 25.3. The second-order valence-electron chi connectivity index (χ2n) is 12.8. The van der Waals surface area contributed by atoms with Crippen molar-refractivity contribution in [3.05, 3.63) is 0 Å². The normalized spacial score (nSPS) is 44.8. The molecule has 5 heteroatoms. The fraction of sp³-hybridized carbons (Fsp3) is 0.920. The number of hydrogen-bond donors (Lipinski definition) is 1. The van der Waals surface area contributed by atoms with Gasteiger partial charge in [0.2, 0.25) is 0 Å². The van der Waals surface area contributed by atoms with Crippen molar-refractivity contribution in [2.75, 3.05) is 0 Å². The van der Waals surface area contributed by atoms with E-state index in [0.29, 0.717) is 48.6 Å². The summed E-state index contributed by atoms with van der Waals surface area (Å²) in [6.45, 7) is 13.4. The Kier molecular flexibility index (Phi) is 5.47. The van der Waals surface area contributed by atoms with Crippen LogP contribution in [0.15, 0.2) is 0 Å². The predicted molar refractivity (Wildman–Crippen MR) is 121 cm³/mol. The number of carbonyl (C=O) groups is 2. The van der Waals surface area contributed by atoms with Crippen LogP contribution in [-0.2, 0) is 14.0 Å². The summed E-state index contributed by atoms with van der Waals surface area (Å²) in [7, 11) is -0.775. The summed E-state index contributed by atoms with van der Waals surface area (Å²) in [5.41, 5.74) is -0.739. The molecule has 1 N–H and O–H groups in total. The lowest BCUT2D eigenvalue weighted by atomic mass is 9.40. The average Bonchev–Trinajstić information content (AvgIpc) is 2.95. The van der Waals surface area contributed by atoms with E-state index in [1.807, 2.05) is 0 Å². The van der Waals surface area contributed by atoms with Gasteiger partial charge in [0.1, 0.15) is 11.6 Å². The van der Waals surface area contributed by atoms with Crippen LogP contribution >= 0.6 is 0 Å². The lowest BCUT2D eigenvalue weighted by Crippen LogP contribution is -2.66. The van der Waals surface area contributed by atoms with Crippen LogP contribution in [0.1, 0.15) is 92.9 Å². The maximum Gasteiger partial charge on any atom is 0.167 e. The first kappa shape index (κ1) is 22.7.